The Hall–Kier alpha value is -3.29. The van der Waals surface area contributed by atoms with E-state index >= 15 is 0 Å². The van der Waals surface area contributed by atoms with Crippen molar-refractivity contribution in [3.8, 4) is 16.9 Å². The largest absolute Gasteiger partial charge is 0.495 e. The smallest absolute Gasteiger partial charge is 0.290 e. The second-order valence-electron chi connectivity index (χ2n) is 6.76. The van der Waals surface area contributed by atoms with Crippen molar-refractivity contribution in [3.05, 3.63) is 87.7 Å². The summed E-state index contributed by atoms with van der Waals surface area (Å²) in [5.74, 6) is 0.176. The minimum atomic E-state index is -0.957. The molecule has 0 amide bonds. The normalized spacial score (nSPS) is 16.9. The molecule has 1 heterocycles. The molecule has 1 aliphatic heterocycles. The van der Waals surface area contributed by atoms with E-state index in [4.69, 9.17) is 48.3 Å². The molecule has 1 aliphatic rings. The van der Waals surface area contributed by atoms with Crippen LogP contribution in [0.15, 0.2) is 65.7 Å². The van der Waals surface area contributed by atoms with Gasteiger partial charge < -0.3 is 20.3 Å². The maximum Gasteiger partial charge on any atom is 0.290 e. The minimum Gasteiger partial charge on any atom is -0.495 e. The zero-order chi connectivity index (χ0) is 23.3. The van der Waals surface area contributed by atoms with E-state index in [1.54, 1.807) is 55.6 Å². The maximum absolute atomic E-state index is 14.7. The number of aliphatic imine (C=N–C) groups is 1. The average molecular weight is 477 g/mol. The van der Waals surface area contributed by atoms with Gasteiger partial charge >= 0.3 is 0 Å². The number of hydrogen-bond donors (Lipinski definition) is 2. The summed E-state index contributed by atoms with van der Waals surface area (Å²) >= 11 is 12.4. The Kier molecular flexibility index (Phi) is 7.22. The van der Waals surface area contributed by atoms with Crippen molar-refractivity contribution < 1.29 is 23.8 Å². The molecule has 9 heteroatoms. The van der Waals surface area contributed by atoms with Crippen LogP contribution >= 0.6 is 23.2 Å². The molecule has 0 saturated heterocycles. The van der Waals surface area contributed by atoms with Crippen molar-refractivity contribution in [3.63, 3.8) is 0 Å². The Bertz CT molecular complexity index is 1170. The van der Waals surface area contributed by atoms with Crippen LogP contribution in [0.25, 0.3) is 11.1 Å². The van der Waals surface area contributed by atoms with Crippen LogP contribution < -0.4 is 10.5 Å². The van der Waals surface area contributed by atoms with Crippen LogP contribution in [0.3, 0.4) is 0 Å². The van der Waals surface area contributed by atoms with Crippen molar-refractivity contribution in [1.29, 1.82) is 0 Å². The van der Waals surface area contributed by atoms with Gasteiger partial charge in [0.1, 0.15) is 18.2 Å². The molecule has 6 nitrogen and oxygen atoms in total. The van der Waals surface area contributed by atoms with E-state index in [-0.39, 0.29) is 24.9 Å². The van der Waals surface area contributed by atoms with Crippen LogP contribution in [-0.4, -0.2) is 31.3 Å². The van der Waals surface area contributed by atoms with E-state index in [0.717, 1.165) is 11.1 Å². The molecule has 32 heavy (non-hydrogen) atoms. The van der Waals surface area contributed by atoms with E-state index in [0.29, 0.717) is 26.9 Å². The first-order valence-corrected chi connectivity index (χ1v) is 10.1. The summed E-state index contributed by atoms with van der Waals surface area (Å²) in [4.78, 5) is 12.9. The molecule has 1 unspecified atom stereocenters. The Morgan fingerprint density at radius 3 is 2.44 bits per heavy atom. The first-order chi connectivity index (χ1) is 15.3. The zero-order valence-corrected chi connectivity index (χ0v) is 18.4. The fourth-order valence-electron chi connectivity index (χ4n) is 3.48. The molecular weight excluding hydrogens is 458 g/mol. The van der Waals surface area contributed by atoms with Crippen LogP contribution in [0, 0.1) is 5.82 Å². The molecule has 0 aromatic heterocycles. The Labute approximate surface area is 194 Å². The number of ether oxygens (including phenoxy) is 2. The Morgan fingerprint density at radius 1 is 1.16 bits per heavy atom. The molecule has 3 aromatic carbocycles. The standard InChI is InChI=1S/C22H17Cl2FN2O2.CH2O2/c1-28-20-8-6-15(11-18(20)24)22(12-29-21(26)27-22)14-5-7-19(25)17(10-14)13-3-2-4-16(23)9-13;2-1-3/h2-11H,12H2,1H3,(H2,26,27);1H,(H,2,3). The van der Waals surface area contributed by atoms with Gasteiger partial charge in [-0.15, -0.1) is 0 Å². The lowest BCUT2D eigenvalue weighted by Gasteiger charge is -2.26. The van der Waals surface area contributed by atoms with Gasteiger partial charge in [-0.2, -0.15) is 0 Å². The molecule has 3 aromatic rings. The van der Waals surface area contributed by atoms with Crippen LogP contribution in [0.4, 0.5) is 4.39 Å². The lowest BCUT2D eigenvalue weighted by molar-refractivity contribution is -0.122. The second kappa shape index (κ2) is 9.89. The molecule has 0 spiro atoms. The van der Waals surface area contributed by atoms with E-state index < -0.39 is 5.54 Å². The number of carboxylic acid groups (broad SMARTS) is 1. The SMILES string of the molecule is COc1ccc(C2(c3ccc(F)c(-c4cccc(Cl)c4)c3)COC(N)=N2)cc1Cl.O=CO. The topological polar surface area (TPSA) is 94.1 Å². The molecule has 4 rings (SSSR count). The van der Waals surface area contributed by atoms with Crippen molar-refractivity contribution in [1.82, 2.24) is 0 Å². The number of nitrogens with two attached hydrogens (primary N) is 1. The number of benzene rings is 3. The number of hydrogen-bond acceptors (Lipinski definition) is 5. The van der Waals surface area contributed by atoms with Gasteiger partial charge in [0.15, 0.2) is 5.54 Å². The van der Waals surface area contributed by atoms with Gasteiger partial charge in [-0.3, -0.25) is 4.79 Å². The highest BCUT2D eigenvalue weighted by Crippen LogP contribution is 2.41. The highest BCUT2D eigenvalue weighted by atomic mass is 35.5. The Balaban J connectivity index is 0.000000913. The first-order valence-electron chi connectivity index (χ1n) is 9.30. The van der Waals surface area contributed by atoms with Crippen molar-refractivity contribution in [2.75, 3.05) is 13.7 Å². The van der Waals surface area contributed by atoms with E-state index in [1.807, 2.05) is 6.07 Å². The van der Waals surface area contributed by atoms with Gasteiger partial charge in [-0.1, -0.05) is 47.5 Å². The summed E-state index contributed by atoms with van der Waals surface area (Å²) in [7, 11) is 1.54. The lowest BCUT2D eigenvalue weighted by atomic mass is 9.83. The second-order valence-corrected chi connectivity index (χ2v) is 7.60. The number of amidine groups is 1. The summed E-state index contributed by atoms with van der Waals surface area (Å²) in [6.07, 6.45) is 0. The fourth-order valence-corrected chi connectivity index (χ4v) is 3.92. The molecule has 0 bridgehead atoms. The van der Waals surface area contributed by atoms with Crippen molar-refractivity contribution in [2.45, 2.75) is 5.54 Å². The Morgan fingerprint density at radius 2 is 1.84 bits per heavy atom. The molecule has 166 valence electrons. The minimum absolute atomic E-state index is 0.0607. The van der Waals surface area contributed by atoms with Gasteiger partial charge in [0.25, 0.3) is 12.5 Å². The van der Waals surface area contributed by atoms with E-state index in [2.05, 4.69) is 4.99 Å². The number of nitrogens with zero attached hydrogens (tertiary/aromatic N) is 1. The summed E-state index contributed by atoms with van der Waals surface area (Å²) in [5, 5.41) is 7.85. The van der Waals surface area contributed by atoms with Gasteiger partial charge in [0.2, 0.25) is 0 Å². The van der Waals surface area contributed by atoms with Gasteiger partial charge in [0.05, 0.1) is 12.1 Å². The number of rotatable bonds is 4. The fraction of sp³-hybridized carbons (Fsp3) is 0.130. The van der Waals surface area contributed by atoms with Crippen molar-refractivity contribution in [2.24, 2.45) is 10.7 Å². The molecule has 1 atom stereocenters. The van der Waals surface area contributed by atoms with E-state index in [1.165, 1.54) is 6.07 Å². The summed E-state index contributed by atoms with van der Waals surface area (Å²) in [6, 6.07) is 17.3. The summed E-state index contributed by atoms with van der Waals surface area (Å²) in [5.41, 5.74) is 7.44. The highest BCUT2D eigenvalue weighted by molar-refractivity contribution is 6.32. The third-order valence-corrected chi connectivity index (χ3v) is 5.47. The average Bonchev–Trinajstić information content (AvgIpc) is 3.17. The molecule has 0 aliphatic carbocycles. The molecule has 0 fully saturated rings. The molecule has 0 radical (unpaired) electrons. The van der Waals surface area contributed by atoms with Crippen LogP contribution in [-0.2, 0) is 15.1 Å². The quantitative estimate of drug-likeness (QED) is 0.510. The predicted molar refractivity (Wildman–Crippen MR) is 122 cm³/mol. The summed E-state index contributed by atoms with van der Waals surface area (Å²) < 4.78 is 25.4. The van der Waals surface area contributed by atoms with Gasteiger partial charge in [-0.05, 0) is 53.1 Å². The highest BCUT2D eigenvalue weighted by Gasteiger charge is 2.41. The predicted octanol–water partition coefficient (Wildman–Crippen LogP) is 5.10. The molecule has 0 saturated carbocycles. The number of halogens is 3. The number of carbonyl (C=O) groups is 1. The van der Waals surface area contributed by atoms with Gasteiger partial charge in [0, 0.05) is 10.6 Å². The van der Waals surface area contributed by atoms with Crippen molar-refractivity contribution >= 4 is 35.7 Å². The monoisotopic (exact) mass is 476 g/mol. The third-order valence-electron chi connectivity index (χ3n) is 4.94. The zero-order valence-electron chi connectivity index (χ0n) is 16.9. The van der Waals surface area contributed by atoms with Crippen LogP contribution in [0.2, 0.25) is 10.0 Å². The van der Waals surface area contributed by atoms with Gasteiger partial charge in [-0.25, -0.2) is 9.38 Å². The maximum atomic E-state index is 14.7. The number of methoxy groups -OCH3 is 1. The summed E-state index contributed by atoms with van der Waals surface area (Å²) in [6.45, 7) is -0.0812. The van der Waals surface area contributed by atoms with Crippen LogP contribution in [0.5, 0.6) is 5.75 Å². The third kappa shape index (κ3) is 4.64. The first kappa shape index (κ1) is 23.4. The molecular formula is C23H19Cl2FN2O4. The lowest BCUT2D eigenvalue weighted by Crippen LogP contribution is -2.27. The van der Waals surface area contributed by atoms with Crippen LogP contribution in [0.1, 0.15) is 11.1 Å². The van der Waals surface area contributed by atoms with E-state index in [9.17, 15) is 4.39 Å². The molecule has 3 N–H and O–H groups in total.